The Morgan fingerprint density at radius 2 is 1.90 bits per heavy atom. The monoisotopic (exact) mass is 289 g/mol. The highest BCUT2D eigenvalue weighted by Gasteiger charge is 2.46. The summed E-state index contributed by atoms with van der Waals surface area (Å²) in [6.45, 7) is 3.37. The lowest BCUT2D eigenvalue weighted by Gasteiger charge is -2.35. The highest BCUT2D eigenvalue weighted by Crippen LogP contribution is 2.40. The van der Waals surface area contributed by atoms with Gasteiger partial charge in [0.2, 0.25) is 0 Å². The van der Waals surface area contributed by atoms with Crippen LogP contribution in [0.15, 0.2) is 0 Å². The van der Waals surface area contributed by atoms with Crippen molar-refractivity contribution in [1.29, 1.82) is 5.26 Å². The first-order chi connectivity index (χ1) is 10.3. The van der Waals surface area contributed by atoms with Crippen LogP contribution < -0.4 is 5.32 Å². The lowest BCUT2D eigenvalue weighted by Crippen LogP contribution is -2.50. The van der Waals surface area contributed by atoms with Crippen LogP contribution in [-0.2, 0) is 4.74 Å². The molecule has 4 aliphatic rings. The molecule has 4 fully saturated rings. The molecule has 21 heavy (non-hydrogen) atoms. The average molecular weight is 289 g/mol. The number of likely N-dealkylation sites (tertiary alicyclic amines) is 1. The second-order valence-electron chi connectivity index (χ2n) is 7.60. The van der Waals surface area contributed by atoms with Crippen LogP contribution in [0.2, 0.25) is 0 Å². The number of nitrogens with zero attached hydrogens (tertiary/aromatic N) is 2. The van der Waals surface area contributed by atoms with Crippen molar-refractivity contribution in [2.24, 2.45) is 5.92 Å². The van der Waals surface area contributed by atoms with Crippen molar-refractivity contribution in [3.8, 4) is 6.07 Å². The first-order valence-electron chi connectivity index (χ1n) is 8.84. The Morgan fingerprint density at radius 3 is 2.57 bits per heavy atom. The van der Waals surface area contributed by atoms with Crippen LogP contribution in [0.1, 0.15) is 51.4 Å². The van der Waals surface area contributed by atoms with Gasteiger partial charge in [-0.3, -0.25) is 10.2 Å². The Kier molecular flexibility index (Phi) is 3.69. The fourth-order valence-electron chi connectivity index (χ4n) is 4.65. The molecule has 4 atom stereocenters. The Labute approximate surface area is 127 Å². The summed E-state index contributed by atoms with van der Waals surface area (Å²) in [4.78, 5) is 2.59. The van der Waals surface area contributed by atoms with Gasteiger partial charge >= 0.3 is 0 Å². The molecule has 2 bridgehead atoms. The molecule has 2 aliphatic heterocycles. The molecule has 1 N–H and O–H groups in total. The van der Waals surface area contributed by atoms with Crippen molar-refractivity contribution >= 4 is 0 Å². The first-order valence-corrected chi connectivity index (χ1v) is 8.84. The zero-order chi connectivity index (χ0) is 14.3. The van der Waals surface area contributed by atoms with E-state index in [1.54, 1.807) is 0 Å². The summed E-state index contributed by atoms with van der Waals surface area (Å²) in [7, 11) is 0. The zero-order valence-electron chi connectivity index (χ0n) is 12.9. The molecule has 4 heteroatoms. The third-order valence-electron chi connectivity index (χ3n) is 5.97. The van der Waals surface area contributed by atoms with Gasteiger partial charge in [0.15, 0.2) is 0 Å². The SMILES string of the molecule is N#CC1(NC2CC2)CCCC1CCN1CC2CCC(C1)O2. The summed E-state index contributed by atoms with van der Waals surface area (Å²) in [6, 6.07) is 3.29. The van der Waals surface area contributed by atoms with Gasteiger partial charge in [0, 0.05) is 19.1 Å². The molecule has 2 saturated heterocycles. The van der Waals surface area contributed by atoms with Gasteiger partial charge in [-0.25, -0.2) is 0 Å². The van der Waals surface area contributed by atoms with Crippen molar-refractivity contribution in [1.82, 2.24) is 10.2 Å². The molecule has 0 aromatic carbocycles. The van der Waals surface area contributed by atoms with Gasteiger partial charge in [0.25, 0.3) is 0 Å². The lowest BCUT2D eigenvalue weighted by molar-refractivity contribution is -0.0399. The normalized spacial score (nSPS) is 43.1. The van der Waals surface area contributed by atoms with E-state index in [-0.39, 0.29) is 5.54 Å². The van der Waals surface area contributed by atoms with E-state index in [2.05, 4.69) is 16.3 Å². The Morgan fingerprint density at radius 1 is 1.14 bits per heavy atom. The number of rotatable bonds is 5. The number of hydrogen-bond acceptors (Lipinski definition) is 4. The van der Waals surface area contributed by atoms with Gasteiger partial charge in [-0.2, -0.15) is 5.26 Å². The van der Waals surface area contributed by atoms with Gasteiger partial charge in [-0.15, -0.1) is 0 Å². The number of nitriles is 1. The van der Waals surface area contributed by atoms with E-state index in [1.807, 2.05) is 0 Å². The quantitative estimate of drug-likeness (QED) is 0.841. The second-order valence-corrected chi connectivity index (χ2v) is 7.60. The number of ether oxygens (including phenoxy) is 1. The van der Waals surface area contributed by atoms with Gasteiger partial charge in [-0.1, -0.05) is 6.42 Å². The highest BCUT2D eigenvalue weighted by atomic mass is 16.5. The average Bonchev–Trinajstić information content (AvgIpc) is 3.12. The molecular formula is C17H27N3O. The minimum atomic E-state index is -0.216. The Balaban J connectivity index is 1.34. The van der Waals surface area contributed by atoms with E-state index in [1.165, 1.54) is 44.9 Å². The maximum atomic E-state index is 9.75. The van der Waals surface area contributed by atoms with E-state index in [0.29, 0.717) is 24.2 Å². The van der Waals surface area contributed by atoms with E-state index in [4.69, 9.17) is 4.74 Å². The van der Waals surface area contributed by atoms with Crippen LogP contribution in [-0.4, -0.2) is 48.3 Å². The Hall–Kier alpha value is -0.630. The van der Waals surface area contributed by atoms with Crippen molar-refractivity contribution < 1.29 is 4.74 Å². The summed E-state index contributed by atoms with van der Waals surface area (Å²) < 4.78 is 5.92. The molecule has 4 unspecified atom stereocenters. The number of morpholine rings is 1. The fourth-order valence-corrected chi connectivity index (χ4v) is 4.65. The zero-order valence-corrected chi connectivity index (χ0v) is 12.9. The maximum Gasteiger partial charge on any atom is 0.109 e. The molecule has 0 amide bonds. The van der Waals surface area contributed by atoms with Crippen LogP contribution in [0.5, 0.6) is 0 Å². The first kappa shape index (κ1) is 14.0. The minimum Gasteiger partial charge on any atom is -0.372 e. The van der Waals surface area contributed by atoms with Gasteiger partial charge in [0.1, 0.15) is 5.54 Å². The standard InChI is InChI=1S/C17H27N3O/c18-12-17(19-14-3-4-14)8-1-2-13(17)7-9-20-10-15-5-6-16(11-20)21-15/h13-16,19H,1-11H2. The van der Waals surface area contributed by atoms with Gasteiger partial charge in [0.05, 0.1) is 18.3 Å². The summed E-state index contributed by atoms with van der Waals surface area (Å²) in [5.74, 6) is 0.545. The van der Waals surface area contributed by atoms with Crippen LogP contribution in [0, 0.1) is 17.2 Å². The summed E-state index contributed by atoms with van der Waals surface area (Å²) in [6.07, 6.45) is 10.7. The molecule has 4 nitrogen and oxygen atoms in total. The van der Waals surface area contributed by atoms with E-state index < -0.39 is 0 Å². The molecule has 0 aromatic rings. The third kappa shape index (κ3) is 2.84. The predicted octanol–water partition coefficient (Wildman–Crippen LogP) is 2.05. The van der Waals surface area contributed by atoms with Crippen LogP contribution in [0.25, 0.3) is 0 Å². The predicted molar refractivity (Wildman–Crippen MR) is 80.8 cm³/mol. The summed E-state index contributed by atoms with van der Waals surface area (Å²) >= 11 is 0. The van der Waals surface area contributed by atoms with Crippen molar-refractivity contribution in [2.45, 2.75) is 75.2 Å². The largest absolute Gasteiger partial charge is 0.372 e. The van der Waals surface area contributed by atoms with Gasteiger partial charge < -0.3 is 4.74 Å². The second kappa shape index (κ2) is 5.53. The van der Waals surface area contributed by atoms with Crippen molar-refractivity contribution in [2.75, 3.05) is 19.6 Å². The lowest BCUT2D eigenvalue weighted by atomic mass is 9.85. The molecular weight excluding hydrogens is 262 g/mol. The van der Waals surface area contributed by atoms with Crippen molar-refractivity contribution in [3.63, 3.8) is 0 Å². The molecule has 0 aromatic heterocycles. The molecule has 4 rings (SSSR count). The van der Waals surface area contributed by atoms with Crippen molar-refractivity contribution in [3.05, 3.63) is 0 Å². The van der Waals surface area contributed by atoms with Crippen LogP contribution >= 0.6 is 0 Å². The maximum absolute atomic E-state index is 9.75. The van der Waals surface area contributed by atoms with Crippen LogP contribution in [0.4, 0.5) is 0 Å². The minimum absolute atomic E-state index is 0.216. The summed E-state index contributed by atoms with van der Waals surface area (Å²) in [5.41, 5.74) is -0.216. The highest BCUT2D eigenvalue weighted by molar-refractivity contribution is 5.16. The van der Waals surface area contributed by atoms with E-state index >= 15 is 0 Å². The van der Waals surface area contributed by atoms with Gasteiger partial charge in [-0.05, 0) is 57.4 Å². The summed E-state index contributed by atoms with van der Waals surface area (Å²) in [5, 5.41) is 13.4. The molecule has 0 spiro atoms. The van der Waals surface area contributed by atoms with Crippen LogP contribution in [0.3, 0.4) is 0 Å². The topological polar surface area (TPSA) is 48.3 Å². The van der Waals surface area contributed by atoms with E-state index in [9.17, 15) is 5.26 Å². The Bertz CT molecular complexity index is 418. The molecule has 2 heterocycles. The molecule has 2 saturated carbocycles. The number of nitrogens with one attached hydrogen (secondary N) is 1. The third-order valence-corrected chi connectivity index (χ3v) is 5.97. The smallest absolute Gasteiger partial charge is 0.109 e. The van der Waals surface area contributed by atoms with E-state index in [0.717, 1.165) is 26.1 Å². The molecule has 116 valence electrons. The molecule has 2 aliphatic carbocycles. The number of fused-ring (bicyclic) bond motifs is 2. The fraction of sp³-hybridized carbons (Fsp3) is 0.941. The number of hydrogen-bond donors (Lipinski definition) is 1. The molecule has 0 radical (unpaired) electrons.